The van der Waals surface area contributed by atoms with Crippen LogP contribution in [0.25, 0.3) is 0 Å². The molecule has 6 nitrogen and oxygen atoms in total. The summed E-state index contributed by atoms with van der Waals surface area (Å²) >= 11 is 0. The number of hydrogen-bond acceptors (Lipinski definition) is 6. The Bertz CT molecular complexity index is 1480. The first-order valence-electron chi connectivity index (χ1n) is 13.6. The molecular weight excluding hydrogens is 777 g/mol. The third kappa shape index (κ3) is 12.4. The summed E-state index contributed by atoms with van der Waals surface area (Å²) in [7, 11) is -12.3. The monoisotopic (exact) mass is 806 g/mol. The van der Waals surface area contributed by atoms with E-state index >= 15 is 0 Å². The molecule has 0 radical (unpaired) electrons. The van der Waals surface area contributed by atoms with Gasteiger partial charge in [-0.05, 0) is 63.8 Å². The lowest BCUT2D eigenvalue weighted by molar-refractivity contribution is -0.382. The summed E-state index contributed by atoms with van der Waals surface area (Å²) in [6.45, 7) is 4.31. The molecule has 0 unspecified atom stereocenters. The third-order valence-electron chi connectivity index (χ3n) is 6.48. The molecule has 282 valence electrons. The highest BCUT2D eigenvalue weighted by atomic mass is 32.2. The molecule has 2 fully saturated rings. The minimum atomic E-state index is -7.43. The molecule has 0 atom stereocenters. The predicted molar refractivity (Wildman–Crippen MR) is 158 cm³/mol. The van der Waals surface area contributed by atoms with Crippen molar-refractivity contribution in [2.45, 2.75) is 78.1 Å². The molecule has 2 saturated heterocycles. The summed E-state index contributed by atoms with van der Waals surface area (Å²) in [5.74, 6) is -9.09. The van der Waals surface area contributed by atoms with Crippen LogP contribution in [0.1, 0.15) is 36.8 Å². The fraction of sp³-hybridized carbons (Fsp3) is 0.556. The van der Waals surface area contributed by atoms with Crippen LogP contribution < -0.4 is 0 Å². The highest BCUT2D eigenvalue weighted by Crippen LogP contribution is 2.54. The van der Waals surface area contributed by atoms with Crippen molar-refractivity contribution < 1.29 is 78.6 Å². The standard InChI is InChI=1S/2C11H15S.C4HF9O3S.CHF3O3S/c2*1-10-4-6-11(7-5-10)12-8-2-3-9-12;5-1(6,3(9,10)11)2(7,8)4(12,13)17(14,15)16;2-1(3,4)8(5,6)7/h2*4-7H,2-3,8-9H2,1H3;(H,14,15,16);(H,5,6,7)/q2*+1;;/p-2. The van der Waals surface area contributed by atoms with Crippen molar-refractivity contribution >= 4 is 42.0 Å². The average molecular weight is 807 g/mol. The molecule has 0 spiro atoms. The number of halogens is 12. The van der Waals surface area contributed by atoms with Gasteiger partial charge in [-0.25, -0.2) is 16.8 Å². The lowest BCUT2D eigenvalue weighted by Gasteiger charge is -2.34. The number of aryl methyl sites for hydroxylation is 2. The molecule has 2 aromatic carbocycles. The molecule has 49 heavy (non-hydrogen) atoms. The minimum Gasteiger partial charge on any atom is -0.743 e. The maximum absolute atomic E-state index is 12.2. The Kier molecular flexibility index (Phi) is 15.7. The zero-order valence-corrected chi connectivity index (χ0v) is 28.7. The summed E-state index contributed by atoms with van der Waals surface area (Å²) in [4.78, 5) is 3.16. The van der Waals surface area contributed by atoms with E-state index in [2.05, 4.69) is 62.4 Å². The number of hydrogen-bond donors (Lipinski definition) is 0. The second-order valence-corrected chi connectivity index (χ2v) is 17.7. The van der Waals surface area contributed by atoms with Crippen molar-refractivity contribution in [2.75, 3.05) is 23.0 Å². The van der Waals surface area contributed by atoms with Crippen LogP contribution in [-0.2, 0) is 42.0 Å². The summed E-state index contributed by atoms with van der Waals surface area (Å²) < 4.78 is 194. The van der Waals surface area contributed by atoms with E-state index in [0.717, 1.165) is 0 Å². The lowest BCUT2D eigenvalue weighted by atomic mass is 10.1. The lowest BCUT2D eigenvalue weighted by Crippen LogP contribution is -2.63. The van der Waals surface area contributed by atoms with Crippen molar-refractivity contribution in [3.63, 3.8) is 0 Å². The number of rotatable bonds is 5. The molecule has 2 aliphatic rings. The van der Waals surface area contributed by atoms with Crippen molar-refractivity contribution in [1.29, 1.82) is 0 Å². The molecular formula is C27H30F12O6S4. The van der Waals surface area contributed by atoms with Gasteiger partial charge in [-0.3, -0.25) is 0 Å². The largest absolute Gasteiger partial charge is 0.743 e. The maximum Gasteiger partial charge on any atom is 0.485 e. The Morgan fingerprint density at radius 3 is 0.980 bits per heavy atom. The summed E-state index contributed by atoms with van der Waals surface area (Å²) in [6, 6.07) is 18.2. The van der Waals surface area contributed by atoms with Crippen LogP contribution in [0.2, 0.25) is 0 Å². The molecule has 0 N–H and O–H groups in total. The van der Waals surface area contributed by atoms with Crippen LogP contribution in [0, 0.1) is 13.8 Å². The molecule has 0 amide bonds. The van der Waals surface area contributed by atoms with Gasteiger partial charge in [-0.1, -0.05) is 35.4 Å². The molecule has 2 heterocycles. The predicted octanol–water partition coefficient (Wildman–Crippen LogP) is 7.54. The molecule has 2 aliphatic heterocycles. The van der Waals surface area contributed by atoms with Gasteiger partial charge in [-0.2, -0.15) is 52.7 Å². The normalized spacial score (nSPS) is 16.9. The molecule has 0 aliphatic carbocycles. The van der Waals surface area contributed by atoms with Gasteiger partial charge in [0.1, 0.15) is 23.0 Å². The van der Waals surface area contributed by atoms with Crippen LogP contribution in [-0.4, -0.2) is 77.7 Å². The van der Waals surface area contributed by atoms with E-state index < -0.39 is 49.0 Å². The van der Waals surface area contributed by atoms with Crippen molar-refractivity contribution in [1.82, 2.24) is 0 Å². The smallest absolute Gasteiger partial charge is 0.485 e. The molecule has 4 rings (SSSR count). The van der Waals surface area contributed by atoms with Crippen LogP contribution in [0.4, 0.5) is 52.7 Å². The van der Waals surface area contributed by atoms with Crippen LogP contribution >= 0.6 is 0 Å². The van der Waals surface area contributed by atoms with Crippen LogP contribution in [0.15, 0.2) is 58.3 Å². The van der Waals surface area contributed by atoms with Crippen molar-refractivity contribution in [2.24, 2.45) is 0 Å². The average Bonchev–Trinajstić information content (AvgIpc) is 3.68. The Morgan fingerprint density at radius 2 is 0.776 bits per heavy atom. The summed E-state index contributed by atoms with van der Waals surface area (Å²) in [6.07, 6.45) is -1.40. The molecule has 2 aromatic rings. The van der Waals surface area contributed by atoms with Gasteiger partial charge in [0.25, 0.3) is 0 Å². The van der Waals surface area contributed by atoms with E-state index in [0.29, 0.717) is 21.8 Å². The first-order valence-corrected chi connectivity index (χ1v) is 19.6. The zero-order valence-electron chi connectivity index (χ0n) is 25.4. The Hall–Kier alpha value is -1.88. The third-order valence-corrected chi connectivity index (χ3v) is 12.9. The topological polar surface area (TPSA) is 114 Å². The van der Waals surface area contributed by atoms with Gasteiger partial charge < -0.3 is 9.11 Å². The Morgan fingerprint density at radius 1 is 0.510 bits per heavy atom. The first kappa shape index (κ1) is 45.1. The highest BCUT2D eigenvalue weighted by Gasteiger charge is 2.83. The SMILES string of the molecule is Cc1ccc([S+]2CCCC2)cc1.Cc1ccc([S+]2CCCC2)cc1.O=S(=O)([O-])C(F)(F)C(F)(F)C(F)(F)C(F)(F)F.O=S(=O)([O-])C(F)(F)F. The van der Waals surface area contributed by atoms with Gasteiger partial charge in [0.05, 0.1) is 0 Å². The molecule has 0 saturated carbocycles. The Labute approximate surface area is 280 Å². The maximum atomic E-state index is 12.2. The second kappa shape index (κ2) is 17.1. The molecule has 22 heteroatoms. The van der Waals surface area contributed by atoms with E-state index in [9.17, 15) is 65.7 Å². The minimum absolute atomic E-state index is 0.601. The zero-order chi connectivity index (χ0) is 38.3. The van der Waals surface area contributed by atoms with Gasteiger partial charge in [0.2, 0.25) is 0 Å². The molecule has 0 aromatic heterocycles. The highest BCUT2D eigenvalue weighted by molar-refractivity contribution is 7.97. The molecule has 0 bridgehead atoms. The van der Waals surface area contributed by atoms with Gasteiger partial charge in [-0.15, -0.1) is 0 Å². The first-order chi connectivity index (χ1) is 22.0. The van der Waals surface area contributed by atoms with Crippen molar-refractivity contribution in [3.05, 3.63) is 59.7 Å². The van der Waals surface area contributed by atoms with Crippen LogP contribution in [0.5, 0.6) is 0 Å². The van der Waals surface area contributed by atoms with E-state index in [1.807, 2.05) is 0 Å². The number of benzene rings is 2. The van der Waals surface area contributed by atoms with Crippen molar-refractivity contribution in [3.8, 4) is 0 Å². The summed E-state index contributed by atoms with van der Waals surface area (Å²) in [5, 5.41) is -7.11. The fourth-order valence-corrected chi connectivity index (χ4v) is 8.81. The van der Waals surface area contributed by atoms with Gasteiger partial charge in [0.15, 0.2) is 30.0 Å². The Balaban J connectivity index is 0.000000336. The van der Waals surface area contributed by atoms with E-state index in [1.54, 1.807) is 9.79 Å². The van der Waals surface area contributed by atoms with E-state index in [4.69, 9.17) is 13.0 Å². The fourth-order valence-electron chi connectivity index (χ4n) is 3.76. The van der Waals surface area contributed by atoms with Gasteiger partial charge >= 0.3 is 28.8 Å². The van der Waals surface area contributed by atoms with E-state index in [-0.39, 0.29) is 0 Å². The van der Waals surface area contributed by atoms with Crippen LogP contribution in [0.3, 0.4) is 0 Å². The van der Waals surface area contributed by atoms with Gasteiger partial charge in [0, 0.05) is 21.8 Å². The summed E-state index contributed by atoms with van der Waals surface area (Å²) in [5.41, 5.74) is -2.89. The van der Waals surface area contributed by atoms with E-state index in [1.165, 1.54) is 59.8 Å². The second-order valence-electron chi connectivity index (χ2n) is 10.4. The number of alkyl halides is 12. The quantitative estimate of drug-likeness (QED) is 0.134.